The maximum absolute atomic E-state index is 11.6. The molecule has 0 saturated carbocycles. The minimum absolute atomic E-state index is 0.0885. The highest BCUT2D eigenvalue weighted by atomic mass is 35.5. The third kappa shape index (κ3) is 3.61. The lowest BCUT2D eigenvalue weighted by Gasteiger charge is -2.13. The Balaban J connectivity index is 2.72. The molecule has 5 heteroatoms. The molecular formula is C12H17ClN2O2. The van der Waals surface area contributed by atoms with Crippen LogP contribution in [-0.2, 0) is 11.3 Å². The first-order valence-corrected chi connectivity index (χ1v) is 5.77. The molecule has 94 valence electrons. The van der Waals surface area contributed by atoms with Crippen molar-refractivity contribution in [3.05, 3.63) is 28.8 Å². The van der Waals surface area contributed by atoms with Gasteiger partial charge in [0.15, 0.2) is 0 Å². The second-order valence-corrected chi connectivity index (χ2v) is 4.18. The summed E-state index contributed by atoms with van der Waals surface area (Å²) >= 11 is 6.05. The van der Waals surface area contributed by atoms with Crippen LogP contribution in [0.15, 0.2) is 18.2 Å². The van der Waals surface area contributed by atoms with Crippen molar-refractivity contribution >= 4 is 17.5 Å². The Labute approximate surface area is 106 Å². The fraction of sp³-hybridized carbons (Fsp3) is 0.417. The molecule has 0 heterocycles. The molecule has 0 aliphatic rings. The van der Waals surface area contributed by atoms with Gasteiger partial charge in [-0.2, -0.15) is 0 Å². The van der Waals surface area contributed by atoms with Crippen molar-refractivity contribution in [1.82, 2.24) is 5.32 Å². The van der Waals surface area contributed by atoms with Crippen molar-refractivity contribution in [3.63, 3.8) is 0 Å². The average Bonchev–Trinajstić information content (AvgIpc) is 2.35. The summed E-state index contributed by atoms with van der Waals surface area (Å²) < 4.78 is 5.18. The summed E-state index contributed by atoms with van der Waals surface area (Å²) in [6, 6.07) is 5.37. The van der Waals surface area contributed by atoms with E-state index in [2.05, 4.69) is 5.32 Å². The highest BCUT2D eigenvalue weighted by Crippen LogP contribution is 2.25. The average molecular weight is 257 g/mol. The van der Waals surface area contributed by atoms with Crippen LogP contribution in [0.3, 0.4) is 0 Å². The standard InChI is InChI=1S/C12H17ClN2O2/c1-8(6-14)12(16)15-7-9-10(13)4-3-5-11(9)17-2/h3-5,8H,6-7,14H2,1-2H3,(H,15,16). The smallest absolute Gasteiger partial charge is 0.224 e. The fourth-order valence-corrected chi connectivity index (χ4v) is 1.59. The zero-order valence-electron chi connectivity index (χ0n) is 10.00. The summed E-state index contributed by atoms with van der Waals surface area (Å²) in [6.07, 6.45) is 0. The van der Waals surface area contributed by atoms with E-state index in [1.54, 1.807) is 32.2 Å². The van der Waals surface area contributed by atoms with Crippen LogP contribution in [-0.4, -0.2) is 19.6 Å². The maximum atomic E-state index is 11.6. The summed E-state index contributed by atoms with van der Waals surface area (Å²) in [5.41, 5.74) is 6.19. The Bertz CT molecular complexity index is 396. The number of rotatable bonds is 5. The molecule has 0 saturated heterocycles. The normalized spacial score (nSPS) is 12.0. The van der Waals surface area contributed by atoms with Crippen molar-refractivity contribution in [2.45, 2.75) is 13.5 Å². The van der Waals surface area contributed by atoms with Crippen LogP contribution in [0.1, 0.15) is 12.5 Å². The molecule has 4 nitrogen and oxygen atoms in total. The first kappa shape index (κ1) is 13.8. The molecule has 1 amide bonds. The SMILES string of the molecule is COc1cccc(Cl)c1CNC(=O)C(C)CN. The van der Waals surface area contributed by atoms with E-state index in [9.17, 15) is 4.79 Å². The number of nitrogens with two attached hydrogens (primary N) is 1. The van der Waals surface area contributed by atoms with Crippen molar-refractivity contribution < 1.29 is 9.53 Å². The Morgan fingerprint density at radius 2 is 2.29 bits per heavy atom. The second-order valence-electron chi connectivity index (χ2n) is 3.78. The Morgan fingerprint density at radius 1 is 1.59 bits per heavy atom. The number of nitrogens with one attached hydrogen (secondary N) is 1. The number of carbonyl (C=O) groups is 1. The largest absolute Gasteiger partial charge is 0.496 e. The predicted molar refractivity (Wildman–Crippen MR) is 68.1 cm³/mol. The molecule has 0 fully saturated rings. The van der Waals surface area contributed by atoms with Gasteiger partial charge in [-0.3, -0.25) is 4.79 Å². The molecule has 0 aromatic heterocycles. The highest BCUT2D eigenvalue weighted by Gasteiger charge is 2.13. The lowest BCUT2D eigenvalue weighted by atomic mass is 10.1. The highest BCUT2D eigenvalue weighted by molar-refractivity contribution is 6.31. The number of amides is 1. The lowest BCUT2D eigenvalue weighted by Crippen LogP contribution is -2.32. The second kappa shape index (κ2) is 6.47. The van der Waals surface area contributed by atoms with Gasteiger partial charge in [-0.1, -0.05) is 24.6 Å². The number of ether oxygens (including phenoxy) is 1. The van der Waals surface area contributed by atoms with Crippen molar-refractivity contribution in [2.75, 3.05) is 13.7 Å². The molecule has 0 spiro atoms. The molecule has 0 aliphatic heterocycles. The van der Waals surface area contributed by atoms with Gasteiger partial charge in [0.25, 0.3) is 0 Å². The van der Waals surface area contributed by atoms with Crippen LogP contribution in [0.2, 0.25) is 5.02 Å². The molecule has 0 radical (unpaired) electrons. The van der Waals surface area contributed by atoms with E-state index in [4.69, 9.17) is 22.1 Å². The zero-order valence-corrected chi connectivity index (χ0v) is 10.8. The van der Waals surface area contributed by atoms with E-state index < -0.39 is 0 Å². The van der Waals surface area contributed by atoms with E-state index >= 15 is 0 Å². The molecule has 0 aliphatic carbocycles. The molecule has 1 rings (SSSR count). The topological polar surface area (TPSA) is 64.3 Å². The summed E-state index contributed by atoms with van der Waals surface area (Å²) in [6.45, 7) is 2.44. The van der Waals surface area contributed by atoms with Gasteiger partial charge in [-0.25, -0.2) is 0 Å². The quantitative estimate of drug-likeness (QED) is 0.840. The van der Waals surface area contributed by atoms with E-state index in [0.29, 0.717) is 23.9 Å². The molecule has 1 aromatic rings. The number of hydrogen-bond donors (Lipinski definition) is 2. The number of halogens is 1. The van der Waals surface area contributed by atoms with Crippen molar-refractivity contribution in [2.24, 2.45) is 11.7 Å². The van der Waals surface area contributed by atoms with Gasteiger partial charge in [-0.15, -0.1) is 0 Å². The van der Waals surface area contributed by atoms with Crippen LogP contribution in [0, 0.1) is 5.92 Å². The van der Waals surface area contributed by atoms with Crippen LogP contribution < -0.4 is 15.8 Å². The minimum atomic E-state index is -0.205. The van der Waals surface area contributed by atoms with Crippen LogP contribution in [0.25, 0.3) is 0 Å². The molecule has 1 aromatic carbocycles. The fourth-order valence-electron chi connectivity index (χ4n) is 1.36. The predicted octanol–water partition coefficient (Wildman–Crippen LogP) is 1.56. The van der Waals surface area contributed by atoms with Crippen LogP contribution in [0.5, 0.6) is 5.75 Å². The van der Waals surface area contributed by atoms with Gasteiger partial charge in [0.2, 0.25) is 5.91 Å². The number of carbonyl (C=O) groups excluding carboxylic acids is 1. The Kier molecular flexibility index (Phi) is 5.25. The van der Waals surface area contributed by atoms with Gasteiger partial charge in [0.1, 0.15) is 5.75 Å². The first-order chi connectivity index (χ1) is 8.10. The van der Waals surface area contributed by atoms with Crippen molar-refractivity contribution in [3.8, 4) is 5.75 Å². The lowest BCUT2D eigenvalue weighted by molar-refractivity contribution is -0.124. The first-order valence-electron chi connectivity index (χ1n) is 5.39. The van der Waals surface area contributed by atoms with E-state index in [0.717, 1.165) is 5.56 Å². The minimum Gasteiger partial charge on any atom is -0.496 e. The van der Waals surface area contributed by atoms with E-state index in [1.807, 2.05) is 0 Å². The summed E-state index contributed by atoms with van der Waals surface area (Å²) in [5, 5.41) is 3.36. The van der Waals surface area contributed by atoms with E-state index in [1.165, 1.54) is 0 Å². The Hall–Kier alpha value is -1.26. The number of benzene rings is 1. The number of hydrogen-bond acceptors (Lipinski definition) is 3. The molecule has 1 unspecified atom stereocenters. The van der Waals surface area contributed by atoms with Crippen LogP contribution in [0.4, 0.5) is 0 Å². The number of methoxy groups -OCH3 is 1. The van der Waals surface area contributed by atoms with Gasteiger partial charge in [0.05, 0.1) is 7.11 Å². The zero-order chi connectivity index (χ0) is 12.8. The maximum Gasteiger partial charge on any atom is 0.224 e. The molecule has 1 atom stereocenters. The third-order valence-electron chi connectivity index (χ3n) is 2.54. The molecule has 17 heavy (non-hydrogen) atoms. The van der Waals surface area contributed by atoms with E-state index in [-0.39, 0.29) is 11.8 Å². The van der Waals surface area contributed by atoms with Gasteiger partial charge in [-0.05, 0) is 12.1 Å². The monoisotopic (exact) mass is 256 g/mol. The summed E-state index contributed by atoms with van der Waals surface area (Å²) in [7, 11) is 1.57. The molecule has 0 bridgehead atoms. The summed E-state index contributed by atoms with van der Waals surface area (Å²) in [4.78, 5) is 11.6. The Morgan fingerprint density at radius 3 is 2.88 bits per heavy atom. The van der Waals surface area contributed by atoms with Gasteiger partial charge < -0.3 is 15.8 Å². The molecular weight excluding hydrogens is 240 g/mol. The third-order valence-corrected chi connectivity index (χ3v) is 2.89. The van der Waals surface area contributed by atoms with Crippen LogP contribution >= 0.6 is 11.6 Å². The molecule has 3 N–H and O–H groups in total. The van der Waals surface area contributed by atoms with Gasteiger partial charge in [0, 0.05) is 29.6 Å². The summed E-state index contributed by atoms with van der Waals surface area (Å²) in [5.74, 6) is 0.371. The van der Waals surface area contributed by atoms with Crippen molar-refractivity contribution in [1.29, 1.82) is 0 Å². The van der Waals surface area contributed by atoms with Gasteiger partial charge >= 0.3 is 0 Å².